The van der Waals surface area contributed by atoms with Crippen LogP contribution >= 0.6 is 0 Å². The molecule has 0 radical (unpaired) electrons. The van der Waals surface area contributed by atoms with Gasteiger partial charge in [-0.05, 0) is 32.3 Å². The number of fused-ring (bicyclic) bond motifs is 1. The van der Waals surface area contributed by atoms with Gasteiger partial charge in [0.1, 0.15) is 0 Å². The summed E-state index contributed by atoms with van der Waals surface area (Å²) < 4.78 is 7.27. The van der Waals surface area contributed by atoms with Crippen molar-refractivity contribution in [3.05, 3.63) is 34.7 Å². The van der Waals surface area contributed by atoms with E-state index in [0.717, 1.165) is 43.6 Å². The number of aliphatic hydroxyl groups excluding tert-OH is 1. The minimum Gasteiger partial charge on any atom is -0.388 e. The van der Waals surface area contributed by atoms with Gasteiger partial charge >= 0.3 is 0 Å². The number of nitrogens with zero attached hydrogens (tertiary/aromatic N) is 3. The average molecular weight is 261 g/mol. The van der Waals surface area contributed by atoms with Gasteiger partial charge in [0.2, 0.25) is 5.89 Å². The van der Waals surface area contributed by atoms with E-state index in [4.69, 9.17) is 4.52 Å². The summed E-state index contributed by atoms with van der Waals surface area (Å²) >= 11 is 0. The molecular weight excluding hydrogens is 242 g/mol. The average Bonchev–Trinajstić information content (AvgIpc) is 2.92. The van der Waals surface area contributed by atoms with Crippen LogP contribution in [0.4, 0.5) is 0 Å². The van der Waals surface area contributed by atoms with Crippen molar-refractivity contribution in [2.24, 2.45) is 0 Å². The van der Waals surface area contributed by atoms with E-state index in [9.17, 15) is 5.11 Å². The molecule has 1 aliphatic rings. The zero-order valence-electron chi connectivity index (χ0n) is 11.4. The van der Waals surface area contributed by atoms with Crippen LogP contribution in [0.1, 0.15) is 47.6 Å². The van der Waals surface area contributed by atoms with Gasteiger partial charge in [0, 0.05) is 36.8 Å². The van der Waals surface area contributed by atoms with E-state index in [1.54, 1.807) is 6.92 Å². The lowest BCUT2D eigenvalue weighted by molar-refractivity contribution is 0.155. The van der Waals surface area contributed by atoms with Crippen LogP contribution < -0.4 is 0 Å². The molecular formula is C14H19N3O2. The van der Waals surface area contributed by atoms with Crippen LogP contribution in [-0.2, 0) is 19.4 Å². The molecule has 0 saturated carbocycles. The number of hydrogen-bond acceptors (Lipinski definition) is 4. The van der Waals surface area contributed by atoms with Gasteiger partial charge < -0.3 is 14.2 Å². The van der Waals surface area contributed by atoms with Crippen molar-refractivity contribution >= 4 is 0 Å². The van der Waals surface area contributed by atoms with Gasteiger partial charge in [-0.15, -0.1) is 0 Å². The quantitative estimate of drug-likeness (QED) is 0.919. The summed E-state index contributed by atoms with van der Waals surface area (Å²) in [6, 6.07) is 2.11. The Morgan fingerprint density at radius 2 is 2.32 bits per heavy atom. The molecule has 0 amide bonds. The van der Waals surface area contributed by atoms with Crippen LogP contribution in [0.2, 0.25) is 0 Å². The van der Waals surface area contributed by atoms with Crippen molar-refractivity contribution in [3.63, 3.8) is 0 Å². The van der Waals surface area contributed by atoms with Gasteiger partial charge in [-0.25, -0.2) is 0 Å². The van der Waals surface area contributed by atoms with Crippen molar-refractivity contribution < 1.29 is 9.63 Å². The van der Waals surface area contributed by atoms with Gasteiger partial charge in [0.05, 0.1) is 6.10 Å². The third kappa shape index (κ3) is 2.30. The summed E-state index contributed by atoms with van der Waals surface area (Å²) in [6.07, 6.45) is 3.44. The highest BCUT2D eigenvalue weighted by molar-refractivity contribution is 5.31. The molecule has 1 aliphatic carbocycles. The van der Waals surface area contributed by atoms with E-state index in [1.807, 2.05) is 0 Å². The van der Waals surface area contributed by atoms with Crippen LogP contribution in [0.25, 0.3) is 0 Å². The van der Waals surface area contributed by atoms with E-state index < -0.39 is 0 Å². The Balaban J connectivity index is 1.81. The number of hydrogen-bond donors (Lipinski definition) is 1. The van der Waals surface area contributed by atoms with Crippen LogP contribution in [-0.4, -0.2) is 19.8 Å². The molecule has 1 N–H and O–H groups in total. The fraction of sp³-hybridized carbons (Fsp3) is 0.571. The highest BCUT2D eigenvalue weighted by Crippen LogP contribution is 2.32. The minimum atomic E-state index is -0.295. The standard InChI is InChI=1S/C14H19N3O2/c1-9-8-11-12(4-3-5-13(11)18)17(9)7-6-14-15-10(2)19-16-14/h8,13,18H,3-7H2,1-2H3. The maximum Gasteiger partial charge on any atom is 0.223 e. The lowest BCUT2D eigenvalue weighted by atomic mass is 9.95. The molecule has 2 aromatic rings. The zero-order chi connectivity index (χ0) is 13.4. The fourth-order valence-electron chi connectivity index (χ4n) is 2.91. The van der Waals surface area contributed by atoms with Gasteiger partial charge in [-0.1, -0.05) is 5.16 Å². The third-order valence-corrected chi connectivity index (χ3v) is 3.83. The first-order valence-corrected chi connectivity index (χ1v) is 6.81. The lowest BCUT2D eigenvalue weighted by Crippen LogP contribution is -2.14. The summed E-state index contributed by atoms with van der Waals surface area (Å²) in [5.41, 5.74) is 3.58. The summed E-state index contributed by atoms with van der Waals surface area (Å²) in [5, 5.41) is 14.0. The molecule has 0 aliphatic heterocycles. The molecule has 0 saturated heterocycles. The van der Waals surface area contributed by atoms with E-state index in [2.05, 4.69) is 27.7 Å². The first-order chi connectivity index (χ1) is 9.15. The van der Waals surface area contributed by atoms with E-state index >= 15 is 0 Å². The van der Waals surface area contributed by atoms with Gasteiger partial charge in [0.15, 0.2) is 5.82 Å². The van der Waals surface area contributed by atoms with Crippen molar-refractivity contribution in [2.45, 2.75) is 52.2 Å². The van der Waals surface area contributed by atoms with Crippen LogP contribution in [0.3, 0.4) is 0 Å². The molecule has 0 fully saturated rings. The van der Waals surface area contributed by atoms with Gasteiger partial charge in [-0.3, -0.25) is 0 Å². The molecule has 1 unspecified atom stereocenters. The minimum absolute atomic E-state index is 0.295. The second-order valence-electron chi connectivity index (χ2n) is 5.23. The Bertz CT molecular complexity index is 586. The van der Waals surface area contributed by atoms with Gasteiger partial charge in [-0.2, -0.15) is 4.98 Å². The van der Waals surface area contributed by atoms with Crippen molar-refractivity contribution in [1.82, 2.24) is 14.7 Å². The zero-order valence-corrected chi connectivity index (χ0v) is 11.4. The summed E-state index contributed by atoms with van der Waals surface area (Å²) in [5.74, 6) is 1.35. The molecule has 5 heteroatoms. The third-order valence-electron chi connectivity index (χ3n) is 3.83. The van der Waals surface area contributed by atoms with E-state index in [-0.39, 0.29) is 6.10 Å². The largest absolute Gasteiger partial charge is 0.388 e. The smallest absolute Gasteiger partial charge is 0.223 e. The molecule has 19 heavy (non-hydrogen) atoms. The molecule has 3 rings (SSSR count). The SMILES string of the molecule is Cc1nc(CCn2c(C)cc3c2CCCC3O)no1. The summed E-state index contributed by atoms with van der Waals surface area (Å²) in [4.78, 5) is 4.23. The van der Waals surface area contributed by atoms with Crippen LogP contribution in [0.15, 0.2) is 10.6 Å². The first-order valence-electron chi connectivity index (χ1n) is 6.81. The molecule has 0 bridgehead atoms. The Kier molecular flexibility index (Phi) is 3.14. The van der Waals surface area contributed by atoms with Crippen LogP contribution in [0.5, 0.6) is 0 Å². The fourth-order valence-corrected chi connectivity index (χ4v) is 2.91. The maximum absolute atomic E-state index is 10.0. The lowest BCUT2D eigenvalue weighted by Gasteiger charge is -2.20. The second-order valence-corrected chi connectivity index (χ2v) is 5.23. The van der Waals surface area contributed by atoms with E-state index in [0.29, 0.717) is 5.89 Å². The molecule has 0 spiro atoms. The first kappa shape index (κ1) is 12.4. The normalized spacial score (nSPS) is 18.6. The molecule has 1 atom stereocenters. The number of aryl methyl sites for hydroxylation is 3. The van der Waals surface area contributed by atoms with Gasteiger partial charge in [0.25, 0.3) is 0 Å². The molecule has 102 valence electrons. The highest BCUT2D eigenvalue weighted by atomic mass is 16.5. The molecule has 2 aromatic heterocycles. The summed E-state index contributed by atoms with van der Waals surface area (Å²) in [7, 11) is 0. The Labute approximate surface area is 112 Å². The number of aromatic nitrogens is 3. The highest BCUT2D eigenvalue weighted by Gasteiger charge is 2.22. The molecule has 0 aromatic carbocycles. The maximum atomic E-state index is 10.0. The Hall–Kier alpha value is -1.62. The topological polar surface area (TPSA) is 64.1 Å². The predicted octanol–water partition coefficient (Wildman–Crippen LogP) is 2.10. The summed E-state index contributed by atoms with van der Waals surface area (Å²) in [6.45, 7) is 4.73. The monoisotopic (exact) mass is 261 g/mol. The van der Waals surface area contributed by atoms with Crippen molar-refractivity contribution in [2.75, 3.05) is 0 Å². The van der Waals surface area contributed by atoms with E-state index in [1.165, 1.54) is 11.4 Å². The Morgan fingerprint density at radius 1 is 1.47 bits per heavy atom. The van der Waals surface area contributed by atoms with Crippen molar-refractivity contribution in [3.8, 4) is 0 Å². The number of rotatable bonds is 3. The number of aliphatic hydroxyl groups is 1. The van der Waals surface area contributed by atoms with Crippen molar-refractivity contribution in [1.29, 1.82) is 0 Å². The second kappa shape index (κ2) is 4.81. The predicted molar refractivity (Wildman–Crippen MR) is 69.8 cm³/mol. The van der Waals surface area contributed by atoms with Crippen LogP contribution in [0, 0.1) is 13.8 Å². The molecule has 2 heterocycles. The Morgan fingerprint density at radius 3 is 3.05 bits per heavy atom. The molecule has 5 nitrogen and oxygen atoms in total.